The molecule has 1 aromatic carbocycles. The van der Waals surface area contributed by atoms with Crippen molar-refractivity contribution in [1.29, 1.82) is 0 Å². The average Bonchev–Trinajstić information content (AvgIpc) is 3.63. The van der Waals surface area contributed by atoms with Gasteiger partial charge < -0.3 is 19.9 Å². The fourth-order valence-corrected chi connectivity index (χ4v) is 7.12. The van der Waals surface area contributed by atoms with E-state index in [1.807, 2.05) is 18.2 Å². The number of hydrogen-bond acceptors (Lipinski definition) is 5. The largest absolute Gasteiger partial charge is 0.496 e. The number of amides is 2. The van der Waals surface area contributed by atoms with E-state index < -0.39 is 12.1 Å². The van der Waals surface area contributed by atoms with E-state index >= 15 is 0 Å². The third-order valence-electron chi connectivity index (χ3n) is 9.22. The van der Waals surface area contributed by atoms with Gasteiger partial charge in [0.15, 0.2) is 5.78 Å². The van der Waals surface area contributed by atoms with E-state index in [4.69, 9.17) is 4.74 Å². The van der Waals surface area contributed by atoms with Crippen LogP contribution < -0.4 is 10.1 Å². The Morgan fingerprint density at radius 2 is 2.00 bits per heavy atom. The Morgan fingerprint density at radius 3 is 2.74 bits per heavy atom. The third-order valence-corrected chi connectivity index (χ3v) is 9.22. The molecule has 1 aromatic heterocycles. The second kappa shape index (κ2) is 10.9. The molecule has 6 atom stereocenters. The Balaban J connectivity index is 1.39. The molecule has 1 saturated heterocycles. The topological polar surface area (TPSA) is 109 Å². The summed E-state index contributed by atoms with van der Waals surface area (Å²) >= 11 is 0. The molecule has 204 valence electrons. The molecule has 2 saturated carbocycles. The summed E-state index contributed by atoms with van der Waals surface area (Å²) in [6.45, 7) is 4.38. The zero-order valence-corrected chi connectivity index (χ0v) is 22.6. The molecule has 2 aromatic rings. The number of carbonyl (C=O) groups is 4. The van der Waals surface area contributed by atoms with E-state index in [2.05, 4.69) is 17.2 Å². The SMILES string of the molecule is CCC(=O)[C@H](C[C@H]1C(=O)CCC[C@@H]1C)NC(=O)[C@@H]1[C@H]2CCC[C@H]2CN1C(=O)c1cc2c(OC)cccc2[nH]1. The summed E-state index contributed by atoms with van der Waals surface area (Å²) in [6.07, 6.45) is 5.93. The van der Waals surface area contributed by atoms with Crippen LogP contribution in [0.4, 0.5) is 0 Å². The van der Waals surface area contributed by atoms with Gasteiger partial charge in [-0.2, -0.15) is 0 Å². The Morgan fingerprint density at radius 1 is 1.18 bits per heavy atom. The predicted octanol–water partition coefficient (Wildman–Crippen LogP) is 4.28. The number of nitrogens with zero attached hydrogens (tertiary/aromatic N) is 1. The van der Waals surface area contributed by atoms with Gasteiger partial charge in [-0.1, -0.05) is 26.3 Å². The third kappa shape index (κ3) is 4.85. The lowest BCUT2D eigenvalue weighted by Crippen LogP contribution is -2.53. The predicted molar refractivity (Wildman–Crippen MR) is 144 cm³/mol. The molecule has 0 spiro atoms. The summed E-state index contributed by atoms with van der Waals surface area (Å²) in [7, 11) is 1.60. The van der Waals surface area contributed by atoms with Gasteiger partial charge in [0.05, 0.1) is 13.2 Å². The number of aromatic nitrogens is 1. The Bertz CT molecular complexity index is 1240. The quantitative estimate of drug-likeness (QED) is 0.539. The fraction of sp³-hybridized carbons (Fsp3) is 0.600. The van der Waals surface area contributed by atoms with Crippen LogP contribution >= 0.6 is 0 Å². The van der Waals surface area contributed by atoms with Gasteiger partial charge in [-0.15, -0.1) is 0 Å². The number of ketones is 2. The zero-order chi connectivity index (χ0) is 27.0. The molecule has 2 heterocycles. The normalized spacial score (nSPS) is 27.8. The first-order valence-corrected chi connectivity index (χ1v) is 14.1. The highest BCUT2D eigenvalue weighted by atomic mass is 16.5. The second-order valence-corrected chi connectivity index (χ2v) is 11.4. The number of benzene rings is 1. The van der Waals surface area contributed by atoms with Crippen LogP contribution in [0.2, 0.25) is 0 Å². The minimum atomic E-state index is -0.711. The van der Waals surface area contributed by atoms with E-state index in [0.717, 1.165) is 43.0 Å². The minimum Gasteiger partial charge on any atom is -0.496 e. The fourth-order valence-electron chi connectivity index (χ4n) is 7.12. The molecular formula is C30H39N3O5. The standard InChI is InChI=1S/C30H39N3O5/c1-4-25(34)23(14-20-17(2)8-5-12-26(20)35)32-29(36)28-19-10-6-9-18(19)16-33(28)30(37)24-15-21-22(31-24)11-7-13-27(21)38-3/h7,11,13,15,17-20,23,28,31H,4-6,8-10,12,14,16H2,1-3H3,(H,32,36)/t17-,18-,19-,20+,23-,28-/m0/s1. The first kappa shape index (κ1) is 26.4. The van der Waals surface area contributed by atoms with Gasteiger partial charge in [-0.3, -0.25) is 19.2 Å². The summed E-state index contributed by atoms with van der Waals surface area (Å²) < 4.78 is 5.46. The van der Waals surface area contributed by atoms with E-state index in [0.29, 0.717) is 30.8 Å². The van der Waals surface area contributed by atoms with Crippen molar-refractivity contribution >= 4 is 34.3 Å². The zero-order valence-electron chi connectivity index (χ0n) is 22.6. The van der Waals surface area contributed by atoms with Crippen molar-refractivity contribution < 1.29 is 23.9 Å². The van der Waals surface area contributed by atoms with Crippen molar-refractivity contribution in [3.63, 3.8) is 0 Å². The van der Waals surface area contributed by atoms with Crippen LogP contribution in [-0.4, -0.2) is 59.0 Å². The summed E-state index contributed by atoms with van der Waals surface area (Å²) in [5.41, 5.74) is 1.22. The number of nitrogens with one attached hydrogen (secondary N) is 2. The summed E-state index contributed by atoms with van der Waals surface area (Å²) in [5.74, 6) is 0.642. The number of aromatic amines is 1. The number of H-pyrrole nitrogens is 1. The lowest BCUT2D eigenvalue weighted by Gasteiger charge is -2.32. The Hall–Kier alpha value is -3.16. The van der Waals surface area contributed by atoms with Gasteiger partial charge in [-0.25, -0.2) is 0 Å². The van der Waals surface area contributed by atoms with Crippen LogP contribution in [0.15, 0.2) is 24.3 Å². The van der Waals surface area contributed by atoms with Gasteiger partial charge in [-0.05, 0) is 68.1 Å². The molecule has 2 aliphatic carbocycles. The van der Waals surface area contributed by atoms with E-state index in [1.54, 1.807) is 25.0 Å². The van der Waals surface area contributed by atoms with Crippen LogP contribution in [0.1, 0.15) is 75.7 Å². The number of likely N-dealkylation sites (tertiary alicyclic amines) is 1. The summed E-state index contributed by atoms with van der Waals surface area (Å²) in [4.78, 5) is 58.2. The molecule has 3 aliphatic rings. The number of methoxy groups -OCH3 is 1. The van der Waals surface area contributed by atoms with E-state index in [1.165, 1.54) is 0 Å². The van der Waals surface area contributed by atoms with Crippen LogP contribution in [0.25, 0.3) is 10.9 Å². The maximum atomic E-state index is 13.9. The molecule has 0 radical (unpaired) electrons. The molecule has 3 fully saturated rings. The molecular weight excluding hydrogens is 482 g/mol. The van der Waals surface area contributed by atoms with Crippen molar-refractivity contribution in [2.45, 2.75) is 77.3 Å². The van der Waals surface area contributed by atoms with Crippen molar-refractivity contribution in [3.05, 3.63) is 30.0 Å². The van der Waals surface area contributed by atoms with Crippen LogP contribution in [0.3, 0.4) is 0 Å². The van der Waals surface area contributed by atoms with E-state index in [9.17, 15) is 19.2 Å². The maximum Gasteiger partial charge on any atom is 0.271 e. The summed E-state index contributed by atoms with van der Waals surface area (Å²) in [6, 6.07) is 6.06. The number of fused-ring (bicyclic) bond motifs is 2. The molecule has 5 rings (SSSR count). The highest BCUT2D eigenvalue weighted by Gasteiger charge is 2.50. The van der Waals surface area contributed by atoms with Gasteiger partial charge >= 0.3 is 0 Å². The first-order chi connectivity index (χ1) is 18.3. The number of carbonyl (C=O) groups excluding carboxylic acids is 4. The number of hydrogen-bond donors (Lipinski definition) is 2. The Kier molecular flexibility index (Phi) is 7.59. The monoisotopic (exact) mass is 521 g/mol. The van der Waals surface area contributed by atoms with Crippen molar-refractivity contribution in [1.82, 2.24) is 15.2 Å². The lowest BCUT2D eigenvalue weighted by atomic mass is 9.75. The van der Waals surface area contributed by atoms with Crippen molar-refractivity contribution in [3.8, 4) is 5.75 Å². The van der Waals surface area contributed by atoms with Gasteiger partial charge in [0.25, 0.3) is 5.91 Å². The van der Waals surface area contributed by atoms with Gasteiger partial charge in [0, 0.05) is 36.2 Å². The highest BCUT2D eigenvalue weighted by molar-refractivity contribution is 6.02. The van der Waals surface area contributed by atoms with Gasteiger partial charge in [0.2, 0.25) is 5.91 Å². The minimum absolute atomic E-state index is 0.0644. The highest BCUT2D eigenvalue weighted by Crippen LogP contribution is 2.43. The molecule has 2 amide bonds. The maximum absolute atomic E-state index is 13.9. The molecule has 2 N–H and O–H groups in total. The number of rotatable bonds is 8. The van der Waals surface area contributed by atoms with E-state index in [-0.39, 0.29) is 53.5 Å². The molecule has 38 heavy (non-hydrogen) atoms. The smallest absolute Gasteiger partial charge is 0.271 e. The molecule has 0 bridgehead atoms. The van der Waals surface area contributed by atoms with Crippen molar-refractivity contribution in [2.75, 3.05) is 13.7 Å². The number of ether oxygens (including phenoxy) is 1. The number of Topliss-reactive ketones (excluding diaryl/α,β-unsaturated/α-hetero) is 2. The summed E-state index contributed by atoms with van der Waals surface area (Å²) in [5, 5.41) is 3.85. The molecule has 1 aliphatic heterocycles. The molecule has 8 heteroatoms. The lowest BCUT2D eigenvalue weighted by molar-refractivity contribution is -0.133. The van der Waals surface area contributed by atoms with Crippen LogP contribution in [0.5, 0.6) is 5.75 Å². The Labute approximate surface area is 223 Å². The van der Waals surface area contributed by atoms with Crippen LogP contribution in [0, 0.1) is 23.7 Å². The van der Waals surface area contributed by atoms with Crippen molar-refractivity contribution in [2.24, 2.45) is 23.7 Å². The average molecular weight is 522 g/mol. The first-order valence-electron chi connectivity index (χ1n) is 14.1. The van der Waals surface area contributed by atoms with Gasteiger partial charge in [0.1, 0.15) is 23.3 Å². The van der Waals surface area contributed by atoms with Crippen LogP contribution in [-0.2, 0) is 14.4 Å². The molecule has 0 unspecified atom stereocenters. The molecule has 8 nitrogen and oxygen atoms in total. The second-order valence-electron chi connectivity index (χ2n) is 11.4.